The molecular formula is C18H28N2O2. The Kier molecular flexibility index (Phi) is 6.72. The van der Waals surface area contributed by atoms with E-state index in [1.807, 2.05) is 19.1 Å². The number of aryl methyl sites for hydroxylation is 1. The highest BCUT2D eigenvalue weighted by atomic mass is 16.5. The summed E-state index contributed by atoms with van der Waals surface area (Å²) in [6.07, 6.45) is 4.11. The molecule has 1 saturated heterocycles. The molecule has 0 aromatic heterocycles. The van der Waals surface area contributed by atoms with Crippen LogP contribution >= 0.6 is 0 Å². The fraction of sp³-hybridized carbons (Fsp3) is 0.611. The Morgan fingerprint density at radius 1 is 1.36 bits per heavy atom. The molecule has 1 aromatic carbocycles. The minimum Gasteiger partial charge on any atom is -0.494 e. The van der Waals surface area contributed by atoms with Gasteiger partial charge in [-0.05, 0) is 63.9 Å². The van der Waals surface area contributed by atoms with Crippen LogP contribution in [0, 0.1) is 5.92 Å². The highest BCUT2D eigenvalue weighted by Crippen LogP contribution is 2.15. The van der Waals surface area contributed by atoms with Crippen LogP contribution in [-0.2, 0) is 11.2 Å². The van der Waals surface area contributed by atoms with Crippen LogP contribution in [-0.4, -0.2) is 44.1 Å². The molecule has 1 heterocycles. The lowest BCUT2D eigenvalue weighted by Gasteiger charge is -2.28. The third kappa shape index (κ3) is 5.34. The van der Waals surface area contributed by atoms with Crippen molar-refractivity contribution in [3.05, 3.63) is 29.8 Å². The van der Waals surface area contributed by atoms with Crippen LogP contribution in [0.5, 0.6) is 5.75 Å². The third-order valence-corrected chi connectivity index (χ3v) is 4.17. The van der Waals surface area contributed by atoms with E-state index >= 15 is 0 Å². The minimum absolute atomic E-state index is 0.171. The zero-order chi connectivity index (χ0) is 15.8. The fourth-order valence-corrected chi connectivity index (χ4v) is 2.95. The van der Waals surface area contributed by atoms with Crippen molar-refractivity contribution < 1.29 is 9.53 Å². The van der Waals surface area contributed by atoms with Gasteiger partial charge in [-0.3, -0.25) is 4.79 Å². The first-order chi connectivity index (χ1) is 10.7. The molecular weight excluding hydrogens is 276 g/mol. The van der Waals surface area contributed by atoms with E-state index in [1.165, 1.54) is 5.56 Å². The summed E-state index contributed by atoms with van der Waals surface area (Å²) in [5, 5.41) is 3.08. The molecule has 22 heavy (non-hydrogen) atoms. The number of amides is 1. The number of nitrogens with zero attached hydrogens (tertiary/aromatic N) is 1. The first kappa shape index (κ1) is 16.8. The second-order valence-corrected chi connectivity index (χ2v) is 6.07. The fourth-order valence-electron chi connectivity index (χ4n) is 2.95. The van der Waals surface area contributed by atoms with E-state index in [2.05, 4.69) is 29.4 Å². The monoisotopic (exact) mass is 304 g/mol. The second kappa shape index (κ2) is 8.79. The first-order valence-electron chi connectivity index (χ1n) is 8.37. The summed E-state index contributed by atoms with van der Waals surface area (Å²) in [4.78, 5) is 14.4. The predicted octanol–water partition coefficient (Wildman–Crippen LogP) is 2.48. The number of nitrogens with one attached hydrogen (secondary N) is 1. The van der Waals surface area contributed by atoms with Gasteiger partial charge in [0, 0.05) is 13.1 Å². The maximum absolute atomic E-state index is 12.1. The van der Waals surface area contributed by atoms with E-state index in [1.54, 1.807) is 0 Å². The molecule has 1 atom stereocenters. The zero-order valence-corrected chi connectivity index (χ0v) is 13.8. The lowest BCUT2D eigenvalue weighted by molar-refractivity contribution is -0.126. The van der Waals surface area contributed by atoms with Gasteiger partial charge < -0.3 is 15.0 Å². The Balaban J connectivity index is 1.65. The summed E-state index contributed by atoms with van der Waals surface area (Å²) in [5.41, 5.74) is 1.29. The highest BCUT2D eigenvalue weighted by Gasteiger charge is 2.23. The van der Waals surface area contributed by atoms with Crippen molar-refractivity contribution in [2.45, 2.75) is 32.6 Å². The Hall–Kier alpha value is -1.55. The summed E-state index contributed by atoms with van der Waals surface area (Å²) in [6.45, 7) is 5.45. The van der Waals surface area contributed by atoms with Gasteiger partial charge in [-0.1, -0.05) is 12.1 Å². The smallest absolute Gasteiger partial charge is 0.224 e. The van der Waals surface area contributed by atoms with E-state index in [0.29, 0.717) is 6.61 Å². The number of piperidine rings is 1. The largest absolute Gasteiger partial charge is 0.494 e. The molecule has 0 spiro atoms. The van der Waals surface area contributed by atoms with Crippen molar-refractivity contribution in [1.82, 2.24) is 10.2 Å². The normalized spacial score (nSPS) is 18.9. The van der Waals surface area contributed by atoms with Crippen molar-refractivity contribution in [3.8, 4) is 5.75 Å². The average molecular weight is 304 g/mol. The molecule has 1 fully saturated rings. The van der Waals surface area contributed by atoms with Crippen molar-refractivity contribution in [3.63, 3.8) is 0 Å². The van der Waals surface area contributed by atoms with Gasteiger partial charge in [0.25, 0.3) is 0 Å². The van der Waals surface area contributed by atoms with Crippen molar-refractivity contribution in [2.24, 2.45) is 5.92 Å². The molecule has 0 bridgehead atoms. The molecule has 122 valence electrons. The number of likely N-dealkylation sites (tertiary alicyclic amines) is 1. The second-order valence-electron chi connectivity index (χ2n) is 6.07. The summed E-state index contributed by atoms with van der Waals surface area (Å²) >= 11 is 0. The van der Waals surface area contributed by atoms with Crippen LogP contribution in [0.3, 0.4) is 0 Å². The zero-order valence-electron chi connectivity index (χ0n) is 13.8. The summed E-state index contributed by atoms with van der Waals surface area (Å²) in [5.74, 6) is 1.31. The number of carbonyl (C=O) groups excluding carboxylic acids is 1. The maximum Gasteiger partial charge on any atom is 0.224 e. The van der Waals surface area contributed by atoms with Crippen LogP contribution < -0.4 is 10.1 Å². The van der Waals surface area contributed by atoms with Crippen molar-refractivity contribution in [2.75, 3.05) is 33.3 Å². The number of hydrogen-bond donors (Lipinski definition) is 1. The molecule has 2 rings (SSSR count). The maximum atomic E-state index is 12.1. The number of benzene rings is 1. The predicted molar refractivity (Wildman–Crippen MR) is 89.2 cm³/mol. The van der Waals surface area contributed by atoms with E-state index in [9.17, 15) is 4.79 Å². The summed E-state index contributed by atoms with van der Waals surface area (Å²) in [6, 6.07) is 8.22. The Morgan fingerprint density at radius 3 is 2.82 bits per heavy atom. The van der Waals surface area contributed by atoms with Crippen molar-refractivity contribution >= 4 is 5.91 Å². The minimum atomic E-state index is 0.171. The van der Waals surface area contributed by atoms with Gasteiger partial charge in [-0.25, -0.2) is 0 Å². The van der Waals surface area contributed by atoms with E-state index in [4.69, 9.17) is 4.74 Å². The number of rotatable bonds is 7. The quantitative estimate of drug-likeness (QED) is 0.787. The van der Waals surface area contributed by atoms with Crippen LogP contribution in [0.4, 0.5) is 0 Å². The molecule has 1 aliphatic rings. The van der Waals surface area contributed by atoms with Crippen LogP contribution in [0.2, 0.25) is 0 Å². The average Bonchev–Trinajstić information content (AvgIpc) is 2.53. The molecule has 1 amide bonds. The molecule has 1 N–H and O–H groups in total. The lowest BCUT2D eigenvalue weighted by Crippen LogP contribution is -2.41. The molecule has 0 aliphatic carbocycles. The molecule has 4 heteroatoms. The molecule has 0 saturated carbocycles. The Morgan fingerprint density at radius 2 is 2.14 bits per heavy atom. The van der Waals surface area contributed by atoms with E-state index in [0.717, 1.165) is 51.1 Å². The SMILES string of the molecule is CCOc1ccc(CCCNC(=O)[C@H]2CCCN(C)C2)cc1. The summed E-state index contributed by atoms with van der Waals surface area (Å²) < 4.78 is 5.43. The van der Waals surface area contributed by atoms with Crippen LogP contribution in [0.1, 0.15) is 31.7 Å². The number of carbonyl (C=O) groups is 1. The standard InChI is InChI=1S/C18H28N2O2/c1-3-22-17-10-8-15(9-11-17)6-4-12-19-18(21)16-7-5-13-20(2)14-16/h8-11,16H,3-7,12-14H2,1-2H3,(H,19,21)/t16-/m0/s1. The van der Waals surface area contributed by atoms with E-state index in [-0.39, 0.29) is 11.8 Å². The van der Waals surface area contributed by atoms with Gasteiger partial charge in [0.05, 0.1) is 12.5 Å². The summed E-state index contributed by atoms with van der Waals surface area (Å²) in [7, 11) is 2.09. The van der Waals surface area contributed by atoms with Crippen molar-refractivity contribution in [1.29, 1.82) is 0 Å². The van der Waals surface area contributed by atoms with Gasteiger partial charge in [0.1, 0.15) is 5.75 Å². The Bertz CT molecular complexity index is 459. The molecule has 4 nitrogen and oxygen atoms in total. The number of ether oxygens (including phenoxy) is 1. The van der Waals surface area contributed by atoms with Crippen LogP contribution in [0.15, 0.2) is 24.3 Å². The molecule has 1 aliphatic heterocycles. The highest BCUT2D eigenvalue weighted by molar-refractivity contribution is 5.78. The van der Waals surface area contributed by atoms with Gasteiger partial charge in [-0.2, -0.15) is 0 Å². The number of hydrogen-bond acceptors (Lipinski definition) is 3. The van der Waals surface area contributed by atoms with Gasteiger partial charge in [0.15, 0.2) is 0 Å². The van der Waals surface area contributed by atoms with E-state index < -0.39 is 0 Å². The topological polar surface area (TPSA) is 41.6 Å². The van der Waals surface area contributed by atoms with Gasteiger partial charge in [-0.15, -0.1) is 0 Å². The van der Waals surface area contributed by atoms with Gasteiger partial charge in [0.2, 0.25) is 5.91 Å². The van der Waals surface area contributed by atoms with Gasteiger partial charge >= 0.3 is 0 Å². The molecule has 0 unspecified atom stereocenters. The first-order valence-corrected chi connectivity index (χ1v) is 8.37. The molecule has 0 radical (unpaired) electrons. The third-order valence-electron chi connectivity index (χ3n) is 4.17. The lowest BCUT2D eigenvalue weighted by atomic mass is 9.97. The molecule has 1 aromatic rings. The Labute approximate surface area is 133 Å². The van der Waals surface area contributed by atoms with Crippen LogP contribution in [0.25, 0.3) is 0 Å².